The molecule has 1 saturated heterocycles. The number of rotatable bonds is 14. The van der Waals surface area contributed by atoms with Crippen LogP contribution in [0.15, 0.2) is 48.6 Å². The van der Waals surface area contributed by atoms with Gasteiger partial charge in [0.1, 0.15) is 0 Å². The fraction of sp³-hybridized carbons (Fsp3) is 0.625. The van der Waals surface area contributed by atoms with Gasteiger partial charge in [-0.1, -0.05) is 68.4 Å². The Morgan fingerprint density at radius 2 is 1.23 bits per heavy atom. The summed E-state index contributed by atoms with van der Waals surface area (Å²) in [5, 5.41) is 0. The molecule has 2 nitrogen and oxygen atoms in total. The minimum Gasteiger partial charge on any atom is -0.343 e. The van der Waals surface area contributed by atoms with Crippen LogP contribution in [0.25, 0.3) is 0 Å². The summed E-state index contributed by atoms with van der Waals surface area (Å²) in [7, 11) is 0. The normalized spacial score (nSPS) is 15.5. The average Bonchev–Trinajstić information content (AvgIpc) is 3.19. The summed E-state index contributed by atoms with van der Waals surface area (Å²) in [6.45, 7) is 4.20. The minimum absolute atomic E-state index is 0.346. The van der Waals surface area contributed by atoms with Crippen LogP contribution in [0.5, 0.6) is 0 Å². The third kappa shape index (κ3) is 12.7. The summed E-state index contributed by atoms with van der Waals surface area (Å²) in [6, 6.07) is 0. The number of unbranched alkanes of at least 4 members (excludes halogenated alkanes) is 4. The third-order valence-corrected chi connectivity index (χ3v) is 4.68. The maximum Gasteiger partial charge on any atom is 0.222 e. The standard InChI is InChI=1S/C24H39NO/c1-2-3-4-5-6-7-8-9-10-11-12-13-14-15-16-17-18-21-24(26)25-22-19-20-23-25/h6-7,9-10,12-13,15-16H,2-5,8,11,14,17-23H2,1H3/b7-6-,10-9-,13-12-,16-15-. The van der Waals surface area contributed by atoms with E-state index in [-0.39, 0.29) is 0 Å². The van der Waals surface area contributed by atoms with Gasteiger partial charge in [-0.15, -0.1) is 0 Å². The van der Waals surface area contributed by atoms with Crippen LogP contribution in [0, 0.1) is 0 Å². The first-order chi connectivity index (χ1) is 12.8. The molecule has 1 aliphatic heterocycles. The second kappa shape index (κ2) is 16.9. The fourth-order valence-corrected chi connectivity index (χ4v) is 3.06. The number of carbonyl (C=O) groups is 1. The van der Waals surface area contributed by atoms with Gasteiger partial charge in [-0.25, -0.2) is 0 Å². The van der Waals surface area contributed by atoms with E-state index < -0.39 is 0 Å². The molecule has 0 radical (unpaired) electrons. The van der Waals surface area contributed by atoms with Crippen molar-refractivity contribution in [2.45, 2.75) is 84.0 Å². The highest BCUT2D eigenvalue weighted by Crippen LogP contribution is 2.10. The Kier molecular flexibility index (Phi) is 14.6. The molecule has 0 aromatic rings. The lowest BCUT2D eigenvalue weighted by Gasteiger charge is -2.14. The summed E-state index contributed by atoms with van der Waals surface area (Å²) in [4.78, 5) is 13.9. The number of allylic oxidation sites excluding steroid dienone is 8. The molecule has 146 valence electrons. The highest BCUT2D eigenvalue weighted by Gasteiger charge is 2.16. The molecular formula is C24H39NO. The van der Waals surface area contributed by atoms with Gasteiger partial charge in [0.15, 0.2) is 0 Å². The van der Waals surface area contributed by atoms with Crippen LogP contribution < -0.4 is 0 Å². The summed E-state index contributed by atoms with van der Waals surface area (Å²) >= 11 is 0. The molecule has 1 heterocycles. The molecule has 1 fully saturated rings. The van der Waals surface area contributed by atoms with Crippen molar-refractivity contribution in [3.63, 3.8) is 0 Å². The lowest BCUT2D eigenvalue weighted by atomic mass is 10.2. The van der Waals surface area contributed by atoms with Gasteiger partial charge in [-0.3, -0.25) is 4.79 Å². The van der Waals surface area contributed by atoms with Crippen molar-refractivity contribution in [3.05, 3.63) is 48.6 Å². The van der Waals surface area contributed by atoms with E-state index in [9.17, 15) is 4.79 Å². The van der Waals surface area contributed by atoms with Crippen molar-refractivity contribution in [2.24, 2.45) is 0 Å². The van der Waals surface area contributed by atoms with Crippen LogP contribution in [0.4, 0.5) is 0 Å². The van der Waals surface area contributed by atoms with Gasteiger partial charge in [0, 0.05) is 19.5 Å². The van der Waals surface area contributed by atoms with Crippen molar-refractivity contribution < 1.29 is 4.79 Å². The molecule has 0 bridgehead atoms. The fourth-order valence-electron chi connectivity index (χ4n) is 3.06. The van der Waals surface area contributed by atoms with Crippen LogP contribution in [0.1, 0.15) is 84.0 Å². The van der Waals surface area contributed by atoms with Crippen LogP contribution >= 0.6 is 0 Å². The lowest BCUT2D eigenvalue weighted by Crippen LogP contribution is -2.27. The van der Waals surface area contributed by atoms with Gasteiger partial charge in [0.05, 0.1) is 0 Å². The lowest BCUT2D eigenvalue weighted by molar-refractivity contribution is -0.130. The van der Waals surface area contributed by atoms with E-state index in [2.05, 4.69) is 55.5 Å². The third-order valence-electron chi connectivity index (χ3n) is 4.68. The van der Waals surface area contributed by atoms with E-state index in [1.165, 1.54) is 38.5 Å². The van der Waals surface area contributed by atoms with Crippen LogP contribution in [0.2, 0.25) is 0 Å². The first-order valence-electron chi connectivity index (χ1n) is 10.7. The number of hydrogen-bond acceptors (Lipinski definition) is 1. The van der Waals surface area contributed by atoms with Crippen LogP contribution in [-0.2, 0) is 4.79 Å². The van der Waals surface area contributed by atoms with Crippen molar-refractivity contribution >= 4 is 5.91 Å². The Hall–Kier alpha value is -1.57. The first-order valence-corrected chi connectivity index (χ1v) is 10.7. The number of hydrogen-bond donors (Lipinski definition) is 0. The minimum atomic E-state index is 0.346. The Balaban J connectivity index is 1.90. The van der Waals surface area contributed by atoms with Gasteiger partial charge in [-0.2, -0.15) is 0 Å². The molecule has 2 heteroatoms. The van der Waals surface area contributed by atoms with Gasteiger partial charge in [-0.05, 0) is 57.8 Å². The molecule has 0 spiro atoms. The molecule has 0 aromatic carbocycles. The van der Waals surface area contributed by atoms with Gasteiger partial charge in [0.2, 0.25) is 5.91 Å². The van der Waals surface area contributed by atoms with Gasteiger partial charge >= 0.3 is 0 Å². The van der Waals surface area contributed by atoms with Crippen molar-refractivity contribution in [2.75, 3.05) is 13.1 Å². The van der Waals surface area contributed by atoms with E-state index in [4.69, 9.17) is 0 Å². The highest BCUT2D eigenvalue weighted by molar-refractivity contribution is 5.76. The predicted octanol–water partition coefficient (Wildman–Crippen LogP) is 6.75. The zero-order chi connectivity index (χ0) is 18.7. The monoisotopic (exact) mass is 357 g/mol. The maximum atomic E-state index is 11.9. The number of amides is 1. The second-order valence-electron chi connectivity index (χ2n) is 7.07. The average molecular weight is 358 g/mol. The van der Waals surface area contributed by atoms with E-state index in [0.29, 0.717) is 12.3 Å². The summed E-state index contributed by atoms with van der Waals surface area (Å²) in [6.07, 6.45) is 31.2. The summed E-state index contributed by atoms with van der Waals surface area (Å²) in [5.41, 5.74) is 0. The highest BCUT2D eigenvalue weighted by atomic mass is 16.2. The Labute approximate surface area is 161 Å². The molecule has 0 N–H and O–H groups in total. The molecule has 1 aliphatic rings. The zero-order valence-electron chi connectivity index (χ0n) is 16.9. The Morgan fingerprint density at radius 3 is 1.77 bits per heavy atom. The first kappa shape index (κ1) is 22.5. The molecule has 1 rings (SSSR count). The Morgan fingerprint density at radius 1 is 0.731 bits per heavy atom. The molecular weight excluding hydrogens is 318 g/mol. The number of carbonyl (C=O) groups excluding carboxylic acids is 1. The molecule has 0 atom stereocenters. The van der Waals surface area contributed by atoms with E-state index >= 15 is 0 Å². The molecule has 0 aliphatic carbocycles. The summed E-state index contributed by atoms with van der Waals surface area (Å²) in [5.74, 6) is 0.346. The van der Waals surface area contributed by atoms with Crippen molar-refractivity contribution in [3.8, 4) is 0 Å². The maximum absolute atomic E-state index is 11.9. The molecule has 0 saturated carbocycles. The predicted molar refractivity (Wildman–Crippen MR) is 114 cm³/mol. The van der Waals surface area contributed by atoms with Crippen molar-refractivity contribution in [1.29, 1.82) is 0 Å². The smallest absolute Gasteiger partial charge is 0.222 e. The SMILES string of the molecule is CCCCC/C=C\C/C=C\C/C=C\C/C=C\CCCC(=O)N1CCCC1. The molecule has 0 unspecified atom stereocenters. The largest absolute Gasteiger partial charge is 0.343 e. The Bertz CT molecular complexity index is 453. The molecule has 26 heavy (non-hydrogen) atoms. The van der Waals surface area contributed by atoms with E-state index in [1.54, 1.807) is 0 Å². The quantitative estimate of drug-likeness (QED) is 0.248. The van der Waals surface area contributed by atoms with Gasteiger partial charge in [0.25, 0.3) is 0 Å². The van der Waals surface area contributed by atoms with Crippen molar-refractivity contribution in [1.82, 2.24) is 4.90 Å². The second-order valence-corrected chi connectivity index (χ2v) is 7.07. The number of likely N-dealkylation sites (tertiary alicyclic amines) is 1. The van der Waals surface area contributed by atoms with Gasteiger partial charge < -0.3 is 4.90 Å². The van der Waals surface area contributed by atoms with E-state index in [1.807, 2.05) is 4.90 Å². The van der Waals surface area contributed by atoms with Crippen LogP contribution in [0.3, 0.4) is 0 Å². The molecule has 1 amide bonds. The zero-order valence-corrected chi connectivity index (χ0v) is 16.9. The summed E-state index contributed by atoms with van der Waals surface area (Å²) < 4.78 is 0. The topological polar surface area (TPSA) is 20.3 Å². The van der Waals surface area contributed by atoms with Crippen LogP contribution in [-0.4, -0.2) is 23.9 Å². The number of nitrogens with zero attached hydrogens (tertiary/aromatic N) is 1. The molecule has 0 aromatic heterocycles. The van der Waals surface area contributed by atoms with E-state index in [0.717, 1.165) is 45.2 Å².